The van der Waals surface area contributed by atoms with E-state index in [2.05, 4.69) is 24.3 Å². The minimum atomic E-state index is 0.605. The summed E-state index contributed by atoms with van der Waals surface area (Å²) in [6, 6.07) is 16.3. The number of ether oxygens (including phenoxy) is 2. The minimum Gasteiger partial charge on any atom is -0.490 e. The van der Waals surface area contributed by atoms with Gasteiger partial charge in [-0.15, -0.1) is 0 Å². The van der Waals surface area contributed by atoms with Crippen LogP contribution in [0.5, 0.6) is 11.5 Å². The zero-order chi connectivity index (χ0) is 15.6. The van der Waals surface area contributed by atoms with Gasteiger partial charge < -0.3 is 9.47 Å². The van der Waals surface area contributed by atoms with Crippen molar-refractivity contribution >= 4 is 0 Å². The molecule has 0 N–H and O–H groups in total. The third-order valence-corrected chi connectivity index (χ3v) is 3.21. The van der Waals surface area contributed by atoms with Crippen molar-refractivity contribution < 1.29 is 9.47 Å². The van der Waals surface area contributed by atoms with Gasteiger partial charge in [-0.2, -0.15) is 0 Å². The molecule has 0 fully saturated rings. The maximum Gasteiger partial charge on any atom is 0.119 e. The lowest BCUT2D eigenvalue weighted by molar-refractivity contribution is 0.362. The van der Waals surface area contributed by atoms with Crippen LogP contribution in [0.1, 0.15) is 13.8 Å². The summed E-state index contributed by atoms with van der Waals surface area (Å²) in [5.41, 5.74) is 2.33. The summed E-state index contributed by atoms with van der Waals surface area (Å²) in [6.07, 6.45) is 7.93. The molecule has 2 aromatic rings. The highest BCUT2D eigenvalue weighted by molar-refractivity contribution is 5.64. The van der Waals surface area contributed by atoms with Gasteiger partial charge in [-0.3, -0.25) is 0 Å². The van der Waals surface area contributed by atoms with Gasteiger partial charge in [0.25, 0.3) is 0 Å². The SMILES string of the molecule is CC=CCOc1ccc(-c2ccc(OCC=CC)cc2)cc1. The average Bonchev–Trinajstić information content (AvgIpc) is 2.57. The van der Waals surface area contributed by atoms with Crippen LogP contribution in [0, 0.1) is 0 Å². The Hall–Kier alpha value is -2.48. The lowest BCUT2D eigenvalue weighted by atomic mass is 10.1. The lowest BCUT2D eigenvalue weighted by Crippen LogP contribution is -1.93. The molecule has 0 saturated carbocycles. The van der Waals surface area contributed by atoms with Crippen molar-refractivity contribution in [2.45, 2.75) is 13.8 Å². The molecule has 0 aliphatic carbocycles. The summed E-state index contributed by atoms with van der Waals surface area (Å²) in [5, 5.41) is 0. The van der Waals surface area contributed by atoms with E-state index in [1.165, 1.54) is 11.1 Å². The van der Waals surface area contributed by atoms with E-state index in [0.717, 1.165) is 11.5 Å². The molecule has 0 unspecified atom stereocenters. The zero-order valence-electron chi connectivity index (χ0n) is 13.2. The van der Waals surface area contributed by atoms with Gasteiger partial charge in [-0.25, -0.2) is 0 Å². The number of rotatable bonds is 7. The molecule has 0 bridgehead atoms. The third kappa shape index (κ3) is 4.81. The molecule has 0 spiro atoms. The monoisotopic (exact) mass is 294 g/mol. The molecular weight excluding hydrogens is 272 g/mol. The van der Waals surface area contributed by atoms with E-state index >= 15 is 0 Å². The Balaban J connectivity index is 1.99. The summed E-state index contributed by atoms with van der Waals surface area (Å²) in [4.78, 5) is 0. The number of benzene rings is 2. The van der Waals surface area contributed by atoms with Gasteiger partial charge in [-0.05, 0) is 49.2 Å². The van der Waals surface area contributed by atoms with Crippen LogP contribution in [-0.4, -0.2) is 13.2 Å². The second kappa shape index (κ2) is 8.73. The van der Waals surface area contributed by atoms with E-state index in [4.69, 9.17) is 9.47 Å². The highest BCUT2D eigenvalue weighted by Gasteiger charge is 1.99. The van der Waals surface area contributed by atoms with Gasteiger partial charge in [0.05, 0.1) is 0 Å². The molecule has 114 valence electrons. The molecule has 0 heterocycles. The van der Waals surface area contributed by atoms with Gasteiger partial charge in [0.2, 0.25) is 0 Å². The first-order valence-electron chi connectivity index (χ1n) is 7.52. The first-order chi connectivity index (χ1) is 10.8. The van der Waals surface area contributed by atoms with Crippen LogP contribution in [0.2, 0.25) is 0 Å². The van der Waals surface area contributed by atoms with Crippen molar-refractivity contribution in [3.8, 4) is 22.6 Å². The molecule has 0 amide bonds. The summed E-state index contributed by atoms with van der Waals surface area (Å²) in [5.74, 6) is 1.77. The highest BCUT2D eigenvalue weighted by Crippen LogP contribution is 2.24. The fourth-order valence-electron chi connectivity index (χ4n) is 1.97. The van der Waals surface area contributed by atoms with E-state index in [1.807, 2.05) is 62.4 Å². The van der Waals surface area contributed by atoms with E-state index in [1.54, 1.807) is 0 Å². The zero-order valence-corrected chi connectivity index (χ0v) is 13.2. The van der Waals surface area contributed by atoms with Gasteiger partial charge in [0.15, 0.2) is 0 Å². The van der Waals surface area contributed by atoms with Crippen LogP contribution in [0.3, 0.4) is 0 Å². The predicted octanol–water partition coefficient (Wildman–Crippen LogP) is 5.26. The molecule has 0 aromatic heterocycles. The molecule has 22 heavy (non-hydrogen) atoms. The summed E-state index contributed by atoms with van der Waals surface area (Å²) in [6.45, 7) is 5.18. The second-order valence-electron chi connectivity index (χ2n) is 4.81. The van der Waals surface area contributed by atoms with Gasteiger partial charge in [0, 0.05) is 0 Å². The van der Waals surface area contributed by atoms with Gasteiger partial charge in [-0.1, -0.05) is 48.6 Å². The van der Waals surface area contributed by atoms with Gasteiger partial charge in [0.1, 0.15) is 24.7 Å². The molecule has 2 heteroatoms. The van der Waals surface area contributed by atoms with Crippen molar-refractivity contribution in [3.63, 3.8) is 0 Å². The fourth-order valence-corrected chi connectivity index (χ4v) is 1.97. The Bertz CT molecular complexity index is 550. The van der Waals surface area contributed by atoms with Crippen LogP contribution in [0.15, 0.2) is 72.8 Å². The number of hydrogen-bond acceptors (Lipinski definition) is 2. The molecule has 0 saturated heterocycles. The quantitative estimate of drug-likeness (QED) is 0.648. The lowest BCUT2D eigenvalue weighted by Gasteiger charge is -2.07. The van der Waals surface area contributed by atoms with Crippen molar-refractivity contribution in [1.29, 1.82) is 0 Å². The molecular formula is C20H22O2. The molecule has 2 rings (SSSR count). The van der Waals surface area contributed by atoms with Crippen LogP contribution in [0.4, 0.5) is 0 Å². The minimum absolute atomic E-state index is 0.605. The van der Waals surface area contributed by atoms with Crippen LogP contribution < -0.4 is 9.47 Å². The fraction of sp³-hybridized carbons (Fsp3) is 0.200. The van der Waals surface area contributed by atoms with Crippen molar-refractivity contribution in [2.75, 3.05) is 13.2 Å². The molecule has 0 aliphatic rings. The van der Waals surface area contributed by atoms with Crippen LogP contribution >= 0.6 is 0 Å². The second-order valence-corrected chi connectivity index (χ2v) is 4.81. The highest BCUT2D eigenvalue weighted by atomic mass is 16.5. The molecule has 2 aromatic carbocycles. The topological polar surface area (TPSA) is 18.5 Å². The maximum absolute atomic E-state index is 5.60. The van der Waals surface area contributed by atoms with E-state index in [9.17, 15) is 0 Å². The average molecular weight is 294 g/mol. The molecule has 0 atom stereocenters. The first-order valence-corrected chi connectivity index (χ1v) is 7.52. The van der Waals surface area contributed by atoms with Crippen molar-refractivity contribution in [2.24, 2.45) is 0 Å². The number of allylic oxidation sites excluding steroid dienone is 2. The van der Waals surface area contributed by atoms with Crippen LogP contribution in [-0.2, 0) is 0 Å². The Kier molecular flexibility index (Phi) is 6.31. The Morgan fingerprint density at radius 1 is 0.636 bits per heavy atom. The Morgan fingerprint density at radius 3 is 1.32 bits per heavy atom. The van der Waals surface area contributed by atoms with E-state index < -0.39 is 0 Å². The predicted molar refractivity (Wildman–Crippen MR) is 92.5 cm³/mol. The van der Waals surface area contributed by atoms with Crippen molar-refractivity contribution in [1.82, 2.24) is 0 Å². The normalized spacial score (nSPS) is 11.2. The van der Waals surface area contributed by atoms with Gasteiger partial charge >= 0.3 is 0 Å². The summed E-state index contributed by atoms with van der Waals surface area (Å²) in [7, 11) is 0. The maximum atomic E-state index is 5.60. The summed E-state index contributed by atoms with van der Waals surface area (Å²) >= 11 is 0. The van der Waals surface area contributed by atoms with E-state index in [-0.39, 0.29) is 0 Å². The number of hydrogen-bond donors (Lipinski definition) is 0. The Morgan fingerprint density at radius 2 is 1.00 bits per heavy atom. The summed E-state index contributed by atoms with van der Waals surface area (Å²) < 4.78 is 11.2. The third-order valence-electron chi connectivity index (χ3n) is 3.21. The largest absolute Gasteiger partial charge is 0.490 e. The smallest absolute Gasteiger partial charge is 0.119 e. The van der Waals surface area contributed by atoms with Crippen LogP contribution in [0.25, 0.3) is 11.1 Å². The molecule has 0 radical (unpaired) electrons. The first kappa shape index (κ1) is 15.9. The molecule has 0 aliphatic heterocycles. The standard InChI is InChI=1S/C20H22O2/c1-3-5-15-21-19-11-7-17(8-12-19)18-9-13-20(14-10-18)22-16-6-4-2/h3-14H,15-16H2,1-2H3. The van der Waals surface area contributed by atoms with Crippen molar-refractivity contribution in [3.05, 3.63) is 72.8 Å². The molecule has 2 nitrogen and oxygen atoms in total. The van der Waals surface area contributed by atoms with E-state index in [0.29, 0.717) is 13.2 Å². The Labute approximate surface area is 132 Å².